The lowest BCUT2D eigenvalue weighted by Crippen LogP contribution is -2.13. The maximum atomic E-state index is 13.9. The van der Waals surface area contributed by atoms with Gasteiger partial charge in [0.1, 0.15) is 5.82 Å². The number of anilines is 3. The molecule has 8 nitrogen and oxygen atoms in total. The van der Waals surface area contributed by atoms with E-state index >= 15 is 0 Å². The summed E-state index contributed by atoms with van der Waals surface area (Å²) in [6.07, 6.45) is 0. The summed E-state index contributed by atoms with van der Waals surface area (Å²) in [5.74, 6) is 1.31. The summed E-state index contributed by atoms with van der Waals surface area (Å²) in [6, 6.07) is 23.5. The van der Waals surface area contributed by atoms with Crippen molar-refractivity contribution in [3.8, 4) is 34.3 Å². The fourth-order valence-electron chi connectivity index (χ4n) is 3.90. The molecule has 0 fully saturated rings. The molecule has 0 radical (unpaired) electrons. The van der Waals surface area contributed by atoms with Gasteiger partial charge in [0.2, 0.25) is 5.82 Å². The molecule has 37 heavy (non-hydrogen) atoms. The number of sulfonamides is 1. The summed E-state index contributed by atoms with van der Waals surface area (Å²) in [6.45, 7) is 1.56. The maximum Gasteiger partial charge on any atom is 0.261 e. The van der Waals surface area contributed by atoms with Gasteiger partial charge in [0.15, 0.2) is 11.5 Å². The van der Waals surface area contributed by atoms with Crippen LogP contribution >= 0.6 is 0 Å². The number of aromatic nitrogens is 2. The van der Waals surface area contributed by atoms with Crippen LogP contribution in [0.5, 0.6) is 11.5 Å². The number of ether oxygens (including phenoxy) is 1. The summed E-state index contributed by atoms with van der Waals surface area (Å²) in [4.78, 5) is 4.31. The highest BCUT2D eigenvalue weighted by Gasteiger charge is 2.20. The van der Waals surface area contributed by atoms with Crippen LogP contribution in [0.1, 0.15) is 5.56 Å². The van der Waals surface area contributed by atoms with Crippen molar-refractivity contribution in [3.63, 3.8) is 0 Å². The van der Waals surface area contributed by atoms with Crippen molar-refractivity contribution in [2.24, 2.45) is 0 Å². The molecule has 5 aromatic rings. The quantitative estimate of drug-likeness (QED) is 0.270. The van der Waals surface area contributed by atoms with E-state index in [-0.39, 0.29) is 16.5 Å². The first-order valence-corrected chi connectivity index (χ1v) is 12.8. The van der Waals surface area contributed by atoms with Crippen molar-refractivity contribution in [2.75, 3.05) is 10.0 Å². The average molecular weight is 515 g/mol. The minimum Gasteiger partial charge on any atom is -0.453 e. The van der Waals surface area contributed by atoms with Gasteiger partial charge in [-0.05, 0) is 73.2 Å². The normalized spacial score (nSPS) is 12.2. The Hall–Kier alpha value is -4.70. The van der Waals surface area contributed by atoms with Gasteiger partial charge in [0.05, 0.1) is 16.3 Å². The third-order valence-electron chi connectivity index (χ3n) is 5.86. The molecular weight excluding hydrogens is 495 g/mol. The molecule has 184 valence electrons. The van der Waals surface area contributed by atoms with Crippen LogP contribution in [0.25, 0.3) is 22.8 Å². The molecule has 0 bridgehead atoms. The number of hydrogen-bond donors (Lipinski definition) is 2. The number of fused-ring (bicyclic) bond motifs is 2. The second-order valence-electron chi connectivity index (χ2n) is 8.45. The van der Waals surface area contributed by atoms with E-state index in [1.807, 2.05) is 42.5 Å². The number of para-hydroxylation sites is 2. The molecule has 1 aromatic heterocycles. The second-order valence-corrected chi connectivity index (χ2v) is 10.1. The largest absolute Gasteiger partial charge is 0.453 e. The monoisotopic (exact) mass is 514 g/mol. The average Bonchev–Trinajstić information content (AvgIpc) is 3.39. The van der Waals surface area contributed by atoms with Crippen LogP contribution in [-0.4, -0.2) is 18.6 Å². The number of benzene rings is 4. The van der Waals surface area contributed by atoms with Crippen molar-refractivity contribution >= 4 is 27.1 Å². The third-order valence-corrected chi connectivity index (χ3v) is 7.24. The molecule has 0 unspecified atom stereocenters. The summed E-state index contributed by atoms with van der Waals surface area (Å²) >= 11 is 0. The second kappa shape index (κ2) is 8.75. The van der Waals surface area contributed by atoms with E-state index in [4.69, 9.17) is 9.26 Å². The van der Waals surface area contributed by atoms with E-state index < -0.39 is 15.8 Å². The molecule has 0 aliphatic carbocycles. The first kappa shape index (κ1) is 22.7. The van der Waals surface area contributed by atoms with Gasteiger partial charge in [0, 0.05) is 16.8 Å². The highest BCUT2D eigenvalue weighted by molar-refractivity contribution is 7.92. The van der Waals surface area contributed by atoms with Crippen LogP contribution in [0.15, 0.2) is 94.3 Å². The number of aryl methyl sites for hydroxylation is 1. The topological polar surface area (TPSA) is 106 Å². The van der Waals surface area contributed by atoms with Gasteiger partial charge in [0.25, 0.3) is 15.9 Å². The molecule has 4 aromatic carbocycles. The van der Waals surface area contributed by atoms with Gasteiger partial charge in [-0.1, -0.05) is 29.4 Å². The third kappa shape index (κ3) is 4.38. The molecule has 0 saturated heterocycles. The van der Waals surface area contributed by atoms with E-state index in [9.17, 15) is 12.8 Å². The summed E-state index contributed by atoms with van der Waals surface area (Å²) in [7, 11) is -4.00. The zero-order valence-electron chi connectivity index (χ0n) is 19.4. The van der Waals surface area contributed by atoms with Crippen LogP contribution in [0.3, 0.4) is 0 Å². The highest BCUT2D eigenvalue weighted by atomic mass is 32.2. The lowest BCUT2D eigenvalue weighted by molar-refractivity contribution is 0.432. The van der Waals surface area contributed by atoms with E-state index in [1.165, 1.54) is 12.1 Å². The Balaban J connectivity index is 1.25. The molecule has 0 amide bonds. The Labute approximate surface area is 211 Å². The van der Waals surface area contributed by atoms with Gasteiger partial charge in [-0.3, -0.25) is 4.72 Å². The van der Waals surface area contributed by atoms with Crippen LogP contribution in [0, 0.1) is 12.7 Å². The zero-order chi connectivity index (χ0) is 25.6. The molecule has 2 heterocycles. The van der Waals surface area contributed by atoms with Gasteiger partial charge >= 0.3 is 0 Å². The van der Waals surface area contributed by atoms with Gasteiger partial charge in [-0.15, -0.1) is 0 Å². The van der Waals surface area contributed by atoms with Crippen molar-refractivity contribution < 1.29 is 22.1 Å². The number of hydrogen-bond acceptors (Lipinski definition) is 7. The molecule has 10 heteroatoms. The van der Waals surface area contributed by atoms with Crippen LogP contribution in [0.4, 0.5) is 21.5 Å². The molecule has 0 spiro atoms. The first-order chi connectivity index (χ1) is 17.9. The lowest BCUT2D eigenvalue weighted by atomic mass is 10.1. The van der Waals surface area contributed by atoms with E-state index in [0.29, 0.717) is 34.0 Å². The Morgan fingerprint density at radius 3 is 2.57 bits per heavy atom. The number of rotatable bonds is 5. The number of nitrogens with zero attached hydrogens (tertiary/aromatic N) is 2. The van der Waals surface area contributed by atoms with Crippen molar-refractivity contribution in [1.29, 1.82) is 0 Å². The maximum absolute atomic E-state index is 13.9. The van der Waals surface area contributed by atoms with E-state index in [0.717, 1.165) is 17.4 Å². The number of halogens is 1. The van der Waals surface area contributed by atoms with Gasteiger partial charge in [-0.2, -0.15) is 4.98 Å². The van der Waals surface area contributed by atoms with Crippen LogP contribution < -0.4 is 14.8 Å². The SMILES string of the molecule is Cc1ccc(S(=O)(=O)Nc2cccc(-c3nc(-c4ccc5c(c4)Oc4ccccc4N5)no3)c2)cc1F. The predicted molar refractivity (Wildman–Crippen MR) is 137 cm³/mol. The minimum absolute atomic E-state index is 0.173. The molecular formula is C27H19FN4O4S. The Bertz CT molecular complexity index is 1770. The van der Waals surface area contributed by atoms with Crippen LogP contribution in [0.2, 0.25) is 0 Å². The molecule has 6 rings (SSSR count). The smallest absolute Gasteiger partial charge is 0.261 e. The van der Waals surface area contributed by atoms with Crippen molar-refractivity contribution in [1.82, 2.24) is 10.1 Å². The van der Waals surface area contributed by atoms with E-state index in [1.54, 1.807) is 31.2 Å². The van der Waals surface area contributed by atoms with Gasteiger partial charge < -0.3 is 14.6 Å². The molecule has 2 N–H and O–H groups in total. The molecule has 0 saturated carbocycles. The van der Waals surface area contributed by atoms with Crippen molar-refractivity contribution in [2.45, 2.75) is 11.8 Å². The van der Waals surface area contributed by atoms with Crippen LogP contribution in [-0.2, 0) is 10.0 Å². The zero-order valence-corrected chi connectivity index (χ0v) is 20.2. The van der Waals surface area contributed by atoms with Crippen molar-refractivity contribution in [3.05, 3.63) is 96.3 Å². The summed E-state index contributed by atoms with van der Waals surface area (Å²) in [5.41, 5.74) is 3.53. The van der Waals surface area contributed by atoms with E-state index in [2.05, 4.69) is 20.2 Å². The Morgan fingerprint density at radius 1 is 0.865 bits per heavy atom. The van der Waals surface area contributed by atoms with Gasteiger partial charge in [-0.25, -0.2) is 12.8 Å². The summed E-state index contributed by atoms with van der Waals surface area (Å²) < 4.78 is 53.3. The Kier molecular flexibility index (Phi) is 5.38. The lowest BCUT2D eigenvalue weighted by Gasteiger charge is -2.21. The molecule has 0 atom stereocenters. The fraction of sp³-hybridized carbons (Fsp3) is 0.0370. The Morgan fingerprint density at radius 2 is 1.70 bits per heavy atom. The molecule has 1 aliphatic heterocycles. The predicted octanol–water partition coefficient (Wildman–Crippen LogP) is 6.50. The minimum atomic E-state index is -4.00. The number of nitrogens with one attached hydrogen (secondary N) is 2. The first-order valence-electron chi connectivity index (χ1n) is 11.3. The highest BCUT2D eigenvalue weighted by Crippen LogP contribution is 2.43. The summed E-state index contributed by atoms with van der Waals surface area (Å²) in [5, 5.41) is 7.41. The standard InChI is InChI=1S/C27H19FN4O4S/c1-16-9-11-20(15-21(16)28)37(33,34)32-19-6-4-5-18(13-19)27-30-26(31-36-27)17-10-12-23-25(14-17)35-24-8-3-2-7-22(24)29-23/h2-15,29,32H,1H3. The fourth-order valence-corrected chi connectivity index (χ4v) is 4.96. The molecule has 1 aliphatic rings.